The van der Waals surface area contributed by atoms with Gasteiger partial charge in [0.15, 0.2) is 0 Å². The molecule has 2 N–H and O–H groups in total. The van der Waals surface area contributed by atoms with Crippen molar-refractivity contribution < 1.29 is 0 Å². The Balaban J connectivity index is 3.31. The first-order chi connectivity index (χ1) is 7.32. The summed E-state index contributed by atoms with van der Waals surface area (Å²) in [7, 11) is 0. The van der Waals surface area contributed by atoms with Gasteiger partial charge in [0.1, 0.15) is 11.6 Å². The van der Waals surface area contributed by atoms with Crippen molar-refractivity contribution in [2.24, 2.45) is 0 Å². The Morgan fingerprint density at radius 2 is 1.88 bits per heavy atom. The second-order valence-corrected chi connectivity index (χ2v) is 5.51. The van der Waals surface area contributed by atoms with Gasteiger partial charge in [-0.15, -0.1) is 0 Å². The third-order valence-corrected chi connectivity index (χ3v) is 3.10. The van der Waals surface area contributed by atoms with Gasteiger partial charge in [0.25, 0.3) is 0 Å². The van der Waals surface area contributed by atoms with E-state index in [0.29, 0.717) is 5.92 Å². The van der Waals surface area contributed by atoms with E-state index in [9.17, 15) is 0 Å². The molecule has 0 radical (unpaired) electrons. The van der Waals surface area contributed by atoms with E-state index in [1.54, 1.807) is 0 Å². The number of imidazole rings is 1. The Kier molecular flexibility index (Phi) is 3.66. The third kappa shape index (κ3) is 2.23. The molecule has 3 nitrogen and oxygen atoms in total. The minimum absolute atomic E-state index is 0.0514. The molecular formula is C13H25N3. The van der Waals surface area contributed by atoms with Crippen molar-refractivity contribution in [3.8, 4) is 0 Å². The molecule has 1 rings (SSSR count). The zero-order valence-corrected chi connectivity index (χ0v) is 11.5. The first-order valence-electron chi connectivity index (χ1n) is 6.19. The van der Waals surface area contributed by atoms with Crippen molar-refractivity contribution in [2.75, 3.05) is 5.73 Å². The molecule has 0 aliphatic rings. The van der Waals surface area contributed by atoms with E-state index in [4.69, 9.17) is 10.7 Å². The van der Waals surface area contributed by atoms with Gasteiger partial charge in [0.2, 0.25) is 0 Å². The second-order valence-electron chi connectivity index (χ2n) is 5.51. The summed E-state index contributed by atoms with van der Waals surface area (Å²) in [6.07, 6.45) is 1.08. The lowest BCUT2D eigenvalue weighted by atomic mass is 9.95. The fourth-order valence-electron chi connectivity index (χ4n) is 1.93. The first-order valence-corrected chi connectivity index (χ1v) is 6.19. The van der Waals surface area contributed by atoms with Gasteiger partial charge >= 0.3 is 0 Å². The van der Waals surface area contributed by atoms with Crippen LogP contribution in [-0.4, -0.2) is 9.55 Å². The van der Waals surface area contributed by atoms with Crippen LogP contribution in [0.5, 0.6) is 0 Å². The number of rotatable bonds is 3. The van der Waals surface area contributed by atoms with E-state index in [1.807, 2.05) is 0 Å². The predicted molar refractivity (Wildman–Crippen MR) is 69.7 cm³/mol. The smallest absolute Gasteiger partial charge is 0.127 e. The average Bonchev–Trinajstić information content (AvgIpc) is 2.53. The van der Waals surface area contributed by atoms with Crippen LogP contribution in [0.15, 0.2) is 0 Å². The molecule has 0 amide bonds. The lowest BCUT2D eigenvalue weighted by Crippen LogP contribution is -2.19. The molecule has 1 atom stereocenters. The van der Waals surface area contributed by atoms with Crippen LogP contribution in [0, 0.1) is 0 Å². The summed E-state index contributed by atoms with van der Waals surface area (Å²) < 4.78 is 2.14. The minimum atomic E-state index is 0.0514. The molecule has 0 aliphatic carbocycles. The highest BCUT2D eigenvalue weighted by Gasteiger charge is 2.25. The zero-order chi connectivity index (χ0) is 12.5. The summed E-state index contributed by atoms with van der Waals surface area (Å²) in [6, 6.07) is 0. The average molecular weight is 223 g/mol. The van der Waals surface area contributed by atoms with Crippen LogP contribution in [0.1, 0.15) is 65.4 Å². The molecule has 1 aromatic heterocycles. The summed E-state index contributed by atoms with van der Waals surface area (Å²) in [5.74, 6) is 2.39. The van der Waals surface area contributed by atoms with Gasteiger partial charge in [-0.1, -0.05) is 34.6 Å². The largest absolute Gasteiger partial charge is 0.384 e. The molecule has 0 saturated heterocycles. The minimum Gasteiger partial charge on any atom is -0.384 e. The van der Waals surface area contributed by atoms with Crippen molar-refractivity contribution in [1.29, 1.82) is 0 Å². The highest BCUT2D eigenvalue weighted by molar-refractivity contribution is 5.41. The van der Waals surface area contributed by atoms with Crippen LogP contribution in [-0.2, 0) is 12.0 Å². The number of hydrogen-bond donors (Lipinski definition) is 1. The van der Waals surface area contributed by atoms with E-state index in [-0.39, 0.29) is 5.41 Å². The number of nitrogen functional groups attached to an aromatic ring is 1. The Labute approximate surface area is 99.1 Å². The van der Waals surface area contributed by atoms with Crippen molar-refractivity contribution >= 4 is 5.82 Å². The lowest BCUT2D eigenvalue weighted by Gasteiger charge is -2.19. The molecule has 1 heterocycles. The van der Waals surface area contributed by atoms with Crippen molar-refractivity contribution in [3.05, 3.63) is 11.5 Å². The molecule has 0 aliphatic heterocycles. The number of hydrogen-bond acceptors (Lipinski definition) is 2. The van der Waals surface area contributed by atoms with E-state index < -0.39 is 0 Å². The quantitative estimate of drug-likeness (QED) is 0.854. The van der Waals surface area contributed by atoms with E-state index >= 15 is 0 Å². The topological polar surface area (TPSA) is 43.8 Å². The maximum absolute atomic E-state index is 6.19. The molecule has 0 aromatic carbocycles. The van der Waals surface area contributed by atoms with Gasteiger partial charge < -0.3 is 10.3 Å². The summed E-state index contributed by atoms with van der Waals surface area (Å²) >= 11 is 0. The highest BCUT2D eigenvalue weighted by Crippen LogP contribution is 2.30. The molecule has 0 bridgehead atoms. The van der Waals surface area contributed by atoms with Crippen LogP contribution in [0.2, 0.25) is 0 Å². The Hall–Kier alpha value is -0.990. The number of anilines is 1. The summed E-state index contributed by atoms with van der Waals surface area (Å²) in [6.45, 7) is 13.9. The predicted octanol–water partition coefficient (Wildman–Crippen LogP) is 3.30. The molecule has 1 aromatic rings. The first kappa shape index (κ1) is 13.1. The maximum Gasteiger partial charge on any atom is 0.127 e. The van der Waals surface area contributed by atoms with Crippen LogP contribution in [0.3, 0.4) is 0 Å². The highest BCUT2D eigenvalue weighted by atomic mass is 15.1. The summed E-state index contributed by atoms with van der Waals surface area (Å²) in [5.41, 5.74) is 7.30. The fraction of sp³-hybridized carbons (Fsp3) is 0.769. The molecular weight excluding hydrogens is 198 g/mol. The van der Waals surface area contributed by atoms with Gasteiger partial charge in [-0.05, 0) is 13.3 Å². The SMILES string of the molecule is CCC(C)c1nc(C(C)(C)C)n(CC)c1N. The van der Waals surface area contributed by atoms with Gasteiger partial charge in [0.05, 0.1) is 5.69 Å². The molecule has 3 heteroatoms. The third-order valence-electron chi connectivity index (χ3n) is 3.10. The normalized spacial score (nSPS) is 14.1. The number of aromatic nitrogens is 2. The molecule has 0 spiro atoms. The number of nitrogens with two attached hydrogens (primary N) is 1. The fourth-order valence-corrected chi connectivity index (χ4v) is 1.93. The summed E-state index contributed by atoms with van der Waals surface area (Å²) in [4.78, 5) is 4.76. The van der Waals surface area contributed by atoms with Gasteiger partial charge in [0, 0.05) is 17.9 Å². The van der Waals surface area contributed by atoms with Crippen LogP contribution in [0.25, 0.3) is 0 Å². The number of nitrogens with zero attached hydrogens (tertiary/aromatic N) is 2. The van der Waals surface area contributed by atoms with E-state index in [2.05, 4.69) is 46.1 Å². The Morgan fingerprint density at radius 3 is 2.19 bits per heavy atom. The second kappa shape index (κ2) is 4.48. The lowest BCUT2D eigenvalue weighted by molar-refractivity contribution is 0.507. The van der Waals surface area contributed by atoms with Crippen molar-refractivity contribution in [3.63, 3.8) is 0 Å². The van der Waals surface area contributed by atoms with Gasteiger partial charge in [-0.2, -0.15) is 0 Å². The van der Waals surface area contributed by atoms with Crippen LogP contribution >= 0.6 is 0 Å². The standard InChI is InChI=1S/C13H25N3/c1-7-9(3)10-11(14)16(8-2)12(15-10)13(4,5)6/h9H,7-8,14H2,1-6H3. The Morgan fingerprint density at radius 1 is 1.31 bits per heavy atom. The van der Waals surface area contributed by atoms with Crippen molar-refractivity contribution in [1.82, 2.24) is 9.55 Å². The zero-order valence-electron chi connectivity index (χ0n) is 11.5. The van der Waals surface area contributed by atoms with E-state index in [0.717, 1.165) is 30.3 Å². The molecule has 92 valence electrons. The molecule has 1 unspecified atom stereocenters. The van der Waals surface area contributed by atoms with Crippen molar-refractivity contribution in [2.45, 2.75) is 65.8 Å². The molecule has 16 heavy (non-hydrogen) atoms. The maximum atomic E-state index is 6.19. The van der Waals surface area contributed by atoms with Gasteiger partial charge in [-0.25, -0.2) is 4.98 Å². The van der Waals surface area contributed by atoms with Crippen LogP contribution in [0.4, 0.5) is 5.82 Å². The molecule has 0 fully saturated rings. The van der Waals surface area contributed by atoms with E-state index in [1.165, 1.54) is 0 Å². The summed E-state index contributed by atoms with van der Waals surface area (Å²) in [5, 5.41) is 0. The monoisotopic (exact) mass is 223 g/mol. The van der Waals surface area contributed by atoms with Gasteiger partial charge in [-0.3, -0.25) is 0 Å². The Bertz CT molecular complexity index is 358. The molecule has 0 saturated carbocycles. The van der Waals surface area contributed by atoms with Crippen LogP contribution < -0.4 is 5.73 Å².